The molecule has 0 aliphatic carbocycles. The van der Waals surface area contributed by atoms with Crippen molar-refractivity contribution >= 4 is 23.4 Å². The summed E-state index contributed by atoms with van der Waals surface area (Å²) in [6.07, 6.45) is 1.53. The first kappa shape index (κ1) is 16.3. The van der Waals surface area contributed by atoms with Gasteiger partial charge in [0.05, 0.1) is 18.6 Å². The normalized spacial score (nSPS) is 24.6. The van der Waals surface area contributed by atoms with Crippen LogP contribution in [0.1, 0.15) is 18.4 Å². The number of hydrogen-bond acceptors (Lipinski definition) is 3. The van der Waals surface area contributed by atoms with Crippen molar-refractivity contribution in [3.63, 3.8) is 0 Å². The van der Waals surface area contributed by atoms with E-state index < -0.39 is 0 Å². The molecule has 124 valence electrons. The molecule has 2 atom stereocenters. The van der Waals surface area contributed by atoms with Gasteiger partial charge in [0.2, 0.25) is 11.8 Å². The predicted octanol–water partition coefficient (Wildman–Crippen LogP) is 1.64. The second-order valence-electron chi connectivity index (χ2n) is 6.03. The number of amides is 2. The van der Waals surface area contributed by atoms with Crippen LogP contribution in [-0.2, 0) is 20.7 Å². The summed E-state index contributed by atoms with van der Waals surface area (Å²) in [7, 11) is 0. The summed E-state index contributed by atoms with van der Waals surface area (Å²) >= 11 is 6.13. The summed E-state index contributed by atoms with van der Waals surface area (Å²) in [4.78, 5) is 26.2. The minimum Gasteiger partial charge on any atom is -0.374 e. The van der Waals surface area contributed by atoms with Gasteiger partial charge < -0.3 is 15.0 Å². The van der Waals surface area contributed by atoms with Crippen LogP contribution < -0.4 is 5.32 Å². The summed E-state index contributed by atoms with van der Waals surface area (Å²) in [6, 6.07) is 7.59. The van der Waals surface area contributed by atoms with Crippen molar-refractivity contribution in [2.24, 2.45) is 5.92 Å². The molecular weight excluding hydrogens is 316 g/mol. The van der Waals surface area contributed by atoms with Crippen molar-refractivity contribution in [2.75, 3.05) is 26.2 Å². The number of carbonyl (C=O) groups excluding carboxylic acids is 2. The van der Waals surface area contributed by atoms with E-state index in [0.717, 1.165) is 5.56 Å². The zero-order chi connectivity index (χ0) is 16.2. The van der Waals surface area contributed by atoms with Crippen LogP contribution in [0.15, 0.2) is 24.3 Å². The maximum Gasteiger partial charge on any atom is 0.225 e. The number of rotatable bonds is 3. The molecule has 0 aromatic heterocycles. The fourth-order valence-corrected chi connectivity index (χ4v) is 3.46. The van der Waals surface area contributed by atoms with Crippen molar-refractivity contribution in [1.29, 1.82) is 0 Å². The summed E-state index contributed by atoms with van der Waals surface area (Å²) in [5.41, 5.74) is 0.988. The monoisotopic (exact) mass is 336 g/mol. The van der Waals surface area contributed by atoms with E-state index in [-0.39, 0.29) is 23.8 Å². The molecule has 2 saturated heterocycles. The molecule has 1 aromatic rings. The third-order valence-corrected chi connectivity index (χ3v) is 4.92. The van der Waals surface area contributed by atoms with Crippen LogP contribution in [0.25, 0.3) is 0 Å². The molecule has 2 heterocycles. The second-order valence-corrected chi connectivity index (χ2v) is 6.43. The molecule has 0 saturated carbocycles. The summed E-state index contributed by atoms with van der Waals surface area (Å²) in [5.74, 6) is 0.0115. The molecule has 0 radical (unpaired) electrons. The standard InChI is InChI=1S/C17H21ClN2O3/c18-14-4-2-1-3-12(14)5-6-16(21)20-9-7-13-15(11-20)23-10-8-19-17(13)22/h1-4,13,15H,5-11H2,(H,19,22)/t13-,15+/m1/s1. The van der Waals surface area contributed by atoms with E-state index in [1.54, 1.807) is 0 Å². The molecule has 0 bridgehead atoms. The zero-order valence-electron chi connectivity index (χ0n) is 13.0. The summed E-state index contributed by atoms with van der Waals surface area (Å²) in [5, 5.41) is 3.56. The van der Waals surface area contributed by atoms with Gasteiger partial charge in [0.15, 0.2) is 0 Å². The number of benzene rings is 1. The van der Waals surface area contributed by atoms with Gasteiger partial charge in [0.1, 0.15) is 0 Å². The molecule has 0 spiro atoms. The number of aryl methyl sites for hydroxylation is 1. The average molecular weight is 337 g/mol. The third kappa shape index (κ3) is 3.85. The highest BCUT2D eigenvalue weighted by atomic mass is 35.5. The Morgan fingerprint density at radius 1 is 1.39 bits per heavy atom. The van der Waals surface area contributed by atoms with Gasteiger partial charge in [-0.2, -0.15) is 0 Å². The van der Waals surface area contributed by atoms with E-state index in [1.165, 1.54) is 0 Å². The molecule has 5 nitrogen and oxygen atoms in total. The fraction of sp³-hybridized carbons (Fsp3) is 0.529. The van der Waals surface area contributed by atoms with Gasteiger partial charge >= 0.3 is 0 Å². The van der Waals surface area contributed by atoms with Gasteiger partial charge in [0.25, 0.3) is 0 Å². The predicted molar refractivity (Wildman–Crippen MR) is 87.2 cm³/mol. The van der Waals surface area contributed by atoms with Crippen molar-refractivity contribution in [1.82, 2.24) is 10.2 Å². The number of piperidine rings is 1. The maximum absolute atomic E-state index is 12.5. The van der Waals surface area contributed by atoms with Crippen LogP contribution in [0.3, 0.4) is 0 Å². The van der Waals surface area contributed by atoms with Crippen LogP contribution in [0.5, 0.6) is 0 Å². The minimum atomic E-state index is -0.185. The number of nitrogens with zero attached hydrogens (tertiary/aromatic N) is 1. The Hall–Kier alpha value is -1.59. The van der Waals surface area contributed by atoms with E-state index in [1.807, 2.05) is 29.2 Å². The van der Waals surface area contributed by atoms with Crippen molar-refractivity contribution < 1.29 is 14.3 Å². The lowest BCUT2D eigenvalue weighted by molar-refractivity contribution is -0.141. The number of fused-ring (bicyclic) bond motifs is 1. The van der Waals surface area contributed by atoms with Gasteiger partial charge in [-0.3, -0.25) is 9.59 Å². The topological polar surface area (TPSA) is 58.6 Å². The largest absolute Gasteiger partial charge is 0.374 e. The molecule has 6 heteroatoms. The van der Waals surface area contributed by atoms with Crippen LogP contribution in [0.2, 0.25) is 5.02 Å². The number of likely N-dealkylation sites (tertiary alicyclic amines) is 1. The lowest BCUT2D eigenvalue weighted by Gasteiger charge is -2.36. The second kappa shape index (κ2) is 7.32. The molecule has 2 fully saturated rings. The Labute approximate surface area is 140 Å². The SMILES string of the molecule is O=C1NCCO[C@H]2CN(C(=O)CCc3ccccc3Cl)CC[C@@H]12. The molecule has 1 aromatic carbocycles. The Bertz CT molecular complexity index is 593. The molecule has 2 amide bonds. The van der Waals surface area contributed by atoms with E-state index in [2.05, 4.69) is 5.32 Å². The number of nitrogens with one attached hydrogen (secondary N) is 1. The van der Waals surface area contributed by atoms with E-state index in [0.29, 0.717) is 50.5 Å². The quantitative estimate of drug-likeness (QED) is 0.912. The van der Waals surface area contributed by atoms with Crippen molar-refractivity contribution in [3.8, 4) is 0 Å². The van der Waals surface area contributed by atoms with Crippen molar-refractivity contribution in [2.45, 2.75) is 25.4 Å². The molecule has 2 aliphatic rings. The molecular formula is C17H21ClN2O3. The van der Waals surface area contributed by atoms with Crippen molar-refractivity contribution in [3.05, 3.63) is 34.9 Å². The number of ether oxygens (including phenoxy) is 1. The molecule has 0 unspecified atom stereocenters. The van der Waals surface area contributed by atoms with Crippen LogP contribution in [0.4, 0.5) is 0 Å². The smallest absolute Gasteiger partial charge is 0.225 e. The first-order valence-electron chi connectivity index (χ1n) is 8.05. The fourth-order valence-electron chi connectivity index (χ4n) is 3.23. The summed E-state index contributed by atoms with van der Waals surface area (Å²) in [6.45, 7) is 2.17. The van der Waals surface area contributed by atoms with E-state index in [9.17, 15) is 9.59 Å². The minimum absolute atomic E-state index is 0.0515. The highest BCUT2D eigenvalue weighted by molar-refractivity contribution is 6.31. The van der Waals surface area contributed by atoms with E-state index >= 15 is 0 Å². The molecule has 1 N–H and O–H groups in total. The summed E-state index contributed by atoms with van der Waals surface area (Å²) < 4.78 is 5.74. The molecule has 23 heavy (non-hydrogen) atoms. The zero-order valence-corrected chi connectivity index (χ0v) is 13.7. The first-order chi connectivity index (χ1) is 11.1. The highest BCUT2D eigenvalue weighted by Crippen LogP contribution is 2.23. The van der Waals surface area contributed by atoms with Gasteiger partial charge in [-0.05, 0) is 24.5 Å². The first-order valence-corrected chi connectivity index (χ1v) is 8.43. The molecule has 3 rings (SSSR count). The lowest BCUT2D eigenvalue weighted by atomic mass is 9.92. The van der Waals surface area contributed by atoms with Crippen LogP contribution in [0, 0.1) is 5.92 Å². The Morgan fingerprint density at radius 3 is 3.04 bits per heavy atom. The Morgan fingerprint density at radius 2 is 2.22 bits per heavy atom. The van der Waals surface area contributed by atoms with Gasteiger partial charge in [-0.25, -0.2) is 0 Å². The number of halogens is 1. The number of hydrogen-bond donors (Lipinski definition) is 1. The van der Waals surface area contributed by atoms with Gasteiger partial charge in [0, 0.05) is 31.1 Å². The van der Waals surface area contributed by atoms with Gasteiger partial charge in [-0.1, -0.05) is 29.8 Å². The molecule has 2 aliphatic heterocycles. The van der Waals surface area contributed by atoms with Crippen LogP contribution >= 0.6 is 11.6 Å². The highest BCUT2D eigenvalue weighted by Gasteiger charge is 2.37. The van der Waals surface area contributed by atoms with Gasteiger partial charge in [-0.15, -0.1) is 0 Å². The maximum atomic E-state index is 12.5. The Kier molecular flexibility index (Phi) is 5.18. The van der Waals surface area contributed by atoms with Crippen LogP contribution in [-0.4, -0.2) is 49.1 Å². The lowest BCUT2D eigenvalue weighted by Crippen LogP contribution is -2.50. The Balaban J connectivity index is 1.56. The van der Waals surface area contributed by atoms with E-state index in [4.69, 9.17) is 16.3 Å². The average Bonchev–Trinajstić information content (AvgIpc) is 2.75. The third-order valence-electron chi connectivity index (χ3n) is 4.55. The number of carbonyl (C=O) groups is 2.